The van der Waals surface area contributed by atoms with E-state index < -0.39 is 0 Å². The van der Waals surface area contributed by atoms with E-state index in [1.165, 1.54) is 24.0 Å². The Balaban J connectivity index is 1.70. The van der Waals surface area contributed by atoms with E-state index in [0.29, 0.717) is 0 Å². The fraction of sp³-hybridized carbons (Fsp3) is 0.600. The van der Waals surface area contributed by atoms with Crippen molar-refractivity contribution >= 4 is 0 Å². The maximum Gasteiger partial charge on any atom is 0.0930 e. The maximum atomic E-state index is 5.66. The smallest absolute Gasteiger partial charge is 0.0930 e. The van der Waals surface area contributed by atoms with E-state index >= 15 is 0 Å². The van der Waals surface area contributed by atoms with Gasteiger partial charge in [0, 0.05) is 39.8 Å². The second-order valence-electron chi connectivity index (χ2n) is 5.42. The summed E-state index contributed by atoms with van der Waals surface area (Å²) in [5, 5.41) is 3.39. The molecular weight excluding hydrogens is 224 g/mol. The first kappa shape index (κ1) is 12.2. The topological polar surface area (TPSA) is 24.5 Å². The lowest BCUT2D eigenvalue weighted by atomic mass is 10.0. The van der Waals surface area contributed by atoms with Crippen LogP contribution in [0.2, 0.25) is 0 Å². The lowest BCUT2D eigenvalue weighted by Crippen LogP contribution is -2.42. The van der Waals surface area contributed by atoms with Gasteiger partial charge in [-0.15, -0.1) is 0 Å². The van der Waals surface area contributed by atoms with Crippen LogP contribution in [-0.2, 0) is 16.9 Å². The largest absolute Gasteiger partial charge is 0.374 e. The molecule has 0 amide bonds. The highest BCUT2D eigenvalue weighted by Gasteiger charge is 2.44. The molecule has 0 radical (unpaired) electrons. The molecule has 3 rings (SSSR count). The predicted molar refractivity (Wildman–Crippen MR) is 72.5 cm³/mol. The molecule has 3 heteroatoms. The standard InChI is InChI=1S/C15H22N2O/c1-18-15(5-6-15)14-4-2-3-13(11-14)12-17-9-7-16-8-10-17/h2-4,11,16H,5-10,12H2,1H3. The number of piperazine rings is 1. The molecule has 2 aliphatic rings. The lowest BCUT2D eigenvalue weighted by molar-refractivity contribution is 0.0788. The van der Waals surface area contributed by atoms with E-state index in [9.17, 15) is 0 Å². The van der Waals surface area contributed by atoms with E-state index in [-0.39, 0.29) is 5.60 Å². The molecule has 0 aromatic heterocycles. The number of hydrogen-bond acceptors (Lipinski definition) is 3. The van der Waals surface area contributed by atoms with Gasteiger partial charge < -0.3 is 10.1 Å². The molecule has 0 unspecified atom stereocenters. The van der Waals surface area contributed by atoms with Gasteiger partial charge in [0.2, 0.25) is 0 Å². The number of benzene rings is 1. The van der Waals surface area contributed by atoms with Crippen molar-refractivity contribution in [3.8, 4) is 0 Å². The minimum absolute atomic E-state index is 0.0411. The number of nitrogens with one attached hydrogen (secondary N) is 1. The molecule has 0 atom stereocenters. The Morgan fingerprint density at radius 1 is 1.28 bits per heavy atom. The van der Waals surface area contributed by atoms with Crippen molar-refractivity contribution < 1.29 is 4.74 Å². The average Bonchev–Trinajstić information content (AvgIpc) is 3.21. The zero-order valence-corrected chi connectivity index (χ0v) is 11.1. The van der Waals surface area contributed by atoms with Crippen LogP contribution < -0.4 is 5.32 Å². The van der Waals surface area contributed by atoms with Gasteiger partial charge in [0.15, 0.2) is 0 Å². The highest BCUT2D eigenvalue weighted by Crippen LogP contribution is 2.48. The Kier molecular flexibility index (Phi) is 3.37. The van der Waals surface area contributed by atoms with Crippen LogP contribution in [0.5, 0.6) is 0 Å². The molecule has 3 nitrogen and oxygen atoms in total. The highest BCUT2D eigenvalue weighted by atomic mass is 16.5. The summed E-state index contributed by atoms with van der Waals surface area (Å²) in [7, 11) is 1.83. The van der Waals surface area contributed by atoms with Crippen LogP contribution in [0.4, 0.5) is 0 Å². The van der Waals surface area contributed by atoms with Crippen molar-refractivity contribution in [1.82, 2.24) is 10.2 Å². The van der Waals surface area contributed by atoms with Gasteiger partial charge in [0.05, 0.1) is 5.60 Å². The van der Waals surface area contributed by atoms with Gasteiger partial charge in [-0.1, -0.05) is 24.3 Å². The molecule has 1 heterocycles. The Bertz CT molecular complexity index is 409. The molecule has 98 valence electrons. The van der Waals surface area contributed by atoms with Crippen molar-refractivity contribution in [2.45, 2.75) is 25.0 Å². The van der Waals surface area contributed by atoms with Crippen molar-refractivity contribution in [3.05, 3.63) is 35.4 Å². The number of rotatable bonds is 4. The van der Waals surface area contributed by atoms with E-state index in [4.69, 9.17) is 4.74 Å². The average molecular weight is 246 g/mol. The second kappa shape index (κ2) is 5.00. The fourth-order valence-electron chi connectivity index (χ4n) is 2.80. The van der Waals surface area contributed by atoms with Crippen LogP contribution in [0.15, 0.2) is 24.3 Å². The summed E-state index contributed by atoms with van der Waals surface area (Å²) in [6.45, 7) is 5.60. The summed E-state index contributed by atoms with van der Waals surface area (Å²) in [6, 6.07) is 8.94. The molecule has 1 saturated carbocycles. The molecule has 1 aliphatic carbocycles. The normalized spacial score (nSPS) is 22.9. The Morgan fingerprint density at radius 3 is 2.72 bits per heavy atom. The van der Waals surface area contributed by atoms with Gasteiger partial charge in [0.1, 0.15) is 0 Å². The van der Waals surface area contributed by atoms with Crippen LogP contribution in [-0.4, -0.2) is 38.2 Å². The molecule has 2 fully saturated rings. The third kappa shape index (κ3) is 2.44. The summed E-state index contributed by atoms with van der Waals surface area (Å²) in [6.07, 6.45) is 2.33. The first-order valence-electron chi connectivity index (χ1n) is 6.90. The lowest BCUT2D eigenvalue weighted by Gasteiger charge is -2.27. The first-order chi connectivity index (χ1) is 8.82. The van der Waals surface area contributed by atoms with Gasteiger partial charge in [0.25, 0.3) is 0 Å². The number of methoxy groups -OCH3 is 1. The van der Waals surface area contributed by atoms with Crippen LogP contribution >= 0.6 is 0 Å². The Labute approximate surface area is 109 Å². The van der Waals surface area contributed by atoms with Crippen molar-refractivity contribution in [1.29, 1.82) is 0 Å². The van der Waals surface area contributed by atoms with Gasteiger partial charge in [-0.25, -0.2) is 0 Å². The van der Waals surface area contributed by atoms with Gasteiger partial charge in [-0.3, -0.25) is 4.90 Å². The van der Waals surface area contributed by atoms with Crippen molar-refractivity contribution in [3.63, 3.8) is 0 Å². The summed E-state index contributed by atoms with van der Waals surface area (Å²) in [5.74, 6) is 0. The van der Waals surface area contributed by atoms with Crippen LogP contribution in [0, 0.1) is 0 Å². The zero-order valence-electron chi connectivity index (χ0n) is 11.1. The molecule has 1 saturated heterocycles. The minimum atomic E-state index is 0.0411. The molecule has 18 heavy (non-hydrogen) atoms. The Morgan fingerprint density at radius 2 is 2.06 bits per heavy atom. The first-order valence-corrected chi connectivity index (χ1v) is 6.90. The number of nitrogens with zero attached hydrogens (tertiary/aromatic N) is 1. The second-order valence-corrected chi connectivity index (χ2v) is 5.42. The van der Waals surface area contributed by atoms with E-state index in [1.807, 2.05) is 7.11 Å². The van der Waals surface area contributed by atoms with Crippen molar-refractivity contribution in [2.24, 2.45) is 0 Å². The van der Waals surface area contributed by atoms with Crippen molar-refractivity contribution in [2.75, 3.05) is 33.3 Å². The quantitative estimate of drug-likeness (QED) is 0.875. The zero-order chi connectivity index (χ0) is 12.4. The Hall–Kier alpha value is -0.900. The third-order valence-corrected chi connectivity index (χ3v) is 4.16. The molecule has 1 aliphatic heterocycles. The van der Waals surface area contributed by atoms with E-state index in [1.54, 1.807) is 0 Å². The summed E-state index contributed by atoms with van der Waals surface area (Å²) in [5.41, 5.74) is 2.81. The van der Waals surface area contributed by atoms with Crippen LogP contribution in [0.25, 0.3) is 0 Å². The molecule has 0 spiro atoms. The monoisotopic (exact) mass is 246 g/mol. The number of ether oxygens (including phenoxy) is 1. The van der Waals surface area contributed by atoms with Gasteiger partial charge in [-0.05, 0) is 24.0 Å². The molecule has 1 aromatic rings. The molecular formula is C15H22N2O. The molecule has 0 bridgehead atoms. The van der Waals surface area contributed by atoms with Gasteiger partial charge >= 0.3 is 0 Å². The van der Waals surface area contributed by atoms with Crippen LogP contribution in [0.3, 0.4) is 0 Å². The van der Waals surface area contributed by atoms with E-state index in [2.05, 4.69) is 34.5 Å². The predicted octanol–water partition coefficient (Wildman–Crippen LogP) is 1.73. The maximum absolute atomic E-state index is 5.66. The summed E-state index contributed by atoms with van der Waals surface area (Å²) >= 11 is 0. The van der Waals surface area contributed by atoms with Gasteiger partial charge in [-0.2, -0.15) is 0 Å². The van der Waals surface area contributed by atoms with Crippen LogP contribution in [0.1, 0.15) is 24.0 Å². The fourth-order valence-corrected chi connectivity index (χ4v) is 2.80. The summed E-state index contributed by atoms with van der Waals surface area (Å²) in [4.78, 5) is 2.52. The molecule has 1 N–H and O–H groups in total. The third-order valence-electron chi connectivity index (χ3n) is 4.16. The minimum Gasteiger partial charge on any atom is -0.374 e. The number of hydrogen-bond donors (Lipinski definition) is 1. The highest BCUT2D eigenvalue weighted by molar-refractivity contribution is 5.32. The van der Waals surface area contributed by atoms with E-state index in [0.717, 1.165) is 32.7 Å². The molecule has 1 aromatic carbocycles. The summed E-state index contributed by atoms with van der Waals surface area (Å²) < 4.78 is 5.66. The SMILES string of the molecule is COC1(c2cccc(CN3CCNCC3)c2)CC1.